The van der Waals surface area contributed by atoms with E-state index in [-0.39, 0.29) is 18.8 Å². The van der Waals surface area contributed by atoms with E-state index in [0.29, 0.717) is 0 Å². The number of esters is 3. The molecule has 5 rings (SSSR count). The predicted molar refractivity (Wildman–Crippen MR) is 120 cm³/mol. The summed E-state index contributed by atoms with van der Waals surface area (Å²) in [5.74, 6) is -2.26. The summed E-state index contributed by atoms with van der Waals surface area (Å²) >= 11 is 0. The summed E-state index contributed by atoms with van der Waals surface area (Å²) in [6.07, 6.45) is 1.61. The molecule has 2 N–H and O–H groups in total. The highest BCUT2D eigenvalue weighted by molar-refractivity contribution is 5.92. The molecule has 0 radical (unpaired) electrons. The van der Waals surface area contributed by atoms with E-state index in [4.69, 9.17) is 24.2 Å². The average molecular weight is 497 g/mol. The fraction of sp³-hybridized carbons (Fsp3) is 0.375. The number of aromatic nitrogens is 2. The molecule has 1 saturated heterocycles. The molecule has 1 fully saturated rings. The Bertz CT molecular complexity index is 1290. The van der Waals surface area contributed by atoms with E-state index in [1.807, 2.05) is 18.2 Å². The minimum absolute atomic E-state index is 0.0496. The first-order valence-corrected chi connectivity index (χ1v) is 11.4. The van der Waals surface area contributed by atoms with E-state index in [1.165, 1.54) is 23.4 Å². The van der Waals surface area contributed by atoms with Gasteiger partial charge in [0.1, 0.15) is 12.7 Å². The molecule has 1 aromatic carbocycles. The third kappa shape index (κ3) is 4.86. The molecular weight excluding hydrogens is 474 g/mol. The molecule has 0 bridgehead atoms. The Hall–Kier alpha value is -4.03. The Morgan fingerprint density at radius 2 is 1.83 bits per heavy atom. The van der Waals surface area contributed by atoms with Gasteiger partial charge in [-0.3, -0.25) is 20.0 Å². The number of rotatable bonds is 6. The maximum absolute atomic E-state index is 12.6. The first kappa shape index (κ1) is 23.7. The lowest BCUT2D eigenvalue weighted by Crippen LogP contribution is -2.43. The summed E-state index contributed by atoms with van der Waals surface area (Å²) in [7, 11) is 0. The van der Waals surface area contributed by atoms with Crippen molar-refractivity contribution in [2.24, 2.45) is 0 Å². The third-order valence-electron chi connectivity index (χ3n) is 6.28. The van der Waals surface area contributed by atoms with Crippen LogP contribution in [-0.2, 0) is 52.6 Å². The van der Waals surface area contributed by atoms with Crippen LogP contribution in [0.4, 0.5) is 5.82 Å². The number of carbonyl (C=O) groups excluding carboxylic acids is 3. The van der Waals surface area contributed by atoms with Crippen molar-refractivity contribution in [2.75, 3.05) is 12.1 Å². The summed E-state index contributed by atoms with van der Waals surface area (Å²) in [5.41, 5.74) is 4.30. The van der Waals surface area contributed by atoms with E-state index in [2.05, 4.69) is 4.98 Å². The first-order valence-electron chi connectivity index (χ1n) is 11.4. The second-order valence-corrected chi connectivity index (χ2v) is 8.63. The summed E-state index contributed by atoms with van der Waals surface area (Å²) in [4.78, 5) is 53.0. The number of hydrogen-bond donors (Lipinski definition) is 2. The van der Waals surface area contributed by atoms with Crippen LogP contribution in [0.5, 0.6) is 0 Å². The van der Waals surface area contributed by atoms with Gasteiger partial charge in [-0.2, -0.15) is 4.98 Å². The van der Waals surface area contributed by atoms with E-state index in [0.717, 1.165) is 41.5 Å². The summed E-state index contributed by atoms with van der Waals surface area (Å²) in [5, 5.41) is 8.98. The van der Waals surface area contributed by atoms with Gasteiger partial charge in [-0.25, -0.2) is 14.4 Å². The monoisotopic (exact) mass is 497 g/mol. The molecule has 4 atom stereocenters. The SMILES string of the molecule is O=C1/C=C\C(=O)O[C@H]2[C@@H](O1)[C@H](n1ccc(NO)nc1=O)O[C@@H]2COC(=O)Cc1ccc2c(c1)CCC2. The predicted octanol–water partition coefficient (Wildman–Crippen LogP) is 0.610. The Morgan fingerprint density at radius 3 is 2.58 bits per heavy atom. The smallest absolute Gasteiger partial charge is 0.351 e. The number of nitrogens with zero attached hydrogens (tertiary/aromatic N) is 2. The van der Waals surface area contributed by atoms with Gasteiger partial charge >= 0.3 is 23.6 Å². The van der Waals surface area contributed by atoms with Crippen LogP contribution in [-0.4, -0.2) is 57.6 Å². The second kappa shape index (κ2) is 9.91. The zero-order valence-corrected chi connectivity index (χ0v) is 19.0. The van der Waals surface area contributed by atoms with Crippen molar-refractivity contribution in [2.45, 2.75) is 50.2 Å². The van der Waals surface area contributed by atoms with Crippen molar-refractivity contribution < 1.29 is 38.5 Å². The number of aryl methyl sites for hydroxylation is 2. The Kier molecular flexibility index (Phi) is 6.53. The lowest BCUT2D eigenvalue weighted by molar-refractivity contribution is -0.165. The molecule has 1 aromatic heterocycles. The van der Waals surface area contributed by atoms with Crippen molar-refractivity contribution in [3.05, 3.63) is 69.8 Å². The molecular formula is C24H23N3O9. The first-order chi connectivity index (χ1) is 17.4. The molecule has 0 spiro atoms. The van der Waals surface area contributed by atoms with Crippen molar-refractivity contribution in [3.8, 4) is 0 Å². The zero-order chi connectivity index (χ0) is 25.2. The number of nitrogens with one attached hydrogen (secondary N) is 1. The van der Waals surface area contributed by atoms with E-state index < -0.39 is 48.1 Å². The van der Waals surface area contributed by atoms with E-state index in [9.17, 15) is 19.2 Å². The molecule has 3 aliphatic rings. The van der Waals surface area contributed by atoms with E-state index >= 15 is 0 Å². The summed E-state index contributed by atoms with van der Waals surface area (Å²) < 4.78 is 23.1. The number of carbonyl (C=O) groups is 3. The molecule has 188 valence electrons. The van der Waals surface area contributed by atoms with Gasteiger partial charge in [0.15, 0.2) is 24.3 Å². The maximum Gasteiger partial charge on any atom is 0.351 e. The van der Waals surface area contributed by atoms with Gasteiger partial charge in [0.2, 0.25) is 0 Å². The largest absolute Gasteiger partial charge is 0.463 e. The standard InChI is InChI=1S/C24H23N3O9/c28-18-6-7-19(29)36-22-21(35-18)16(34-23(22)27-9-8-17(26-32)25-24(27)31)12-33-20(30)11-13-4-5-14-2-1-3-15(14)10-13/h4-10,16,21-23,32H,1-3,11-12H2,(H,25,26,31)/b7-6-/t16-,21-,22-,23-/m1/s1. The van der Waals surface area contributed by atoms with Crippen LogP contribution in [0.25, 0.3) is 0 Å². The molecule has 2 aliphatic heterocycles. The minimum Gasteiger partial charge on any atom is -0.463 e. The van der Waals surface area contributed by atoms with Crippen LogP contribution in [0, 0.1) is 0 Å². The fourth-order valence-corrected chi connectivity index (χ4v) is 4.61. The number of ether oxygens (including phenoxy) is 4. The van der Waals surface area contributed by atoms with Gasteiger partial charge in [-0.15, -0.1) is 0 Å². The van der Waals surface area contributed by atoms with Crippen molar-refractivity contribution in [1.29, 1.82) is 0 Å². The van der Waals surface area contributed by atoms with Gasteiger partial charge in [0.25, 0.3) is 0 Å². The molecule has 12 nitrogen and oxygen atoms in total. The summed E-state index contributed by atoms with van der Waals surface area (Å²) in [6, 6.07) is 7.23. The highest BCUT2D eigenvalue weighted by Crippen LogP contribution is 2.34. The molecule has 12 heteroatoms. The van der Waals surface area contributed by atoms with Gasteiger partial charge < -0.3 is 18.9 Å². The Labute approximate surface area is 204 Å². The summed E-state index contributed by atoms with van der Waals surface area (Å²) in [6.45, 7) is -0.311. The maximum atomic E-state index is 12.6. The van der Waals surface area contributed by atoms with E-state index in [1.54, 1.807) is 5.48 Å². The minimum atomic E-state index is -1.23. The molecule has 0 amide bonds. The molecule has 0 saturated carbocycles. The topological polar surface area (TPSA) is 155 Å². The van der Waals surface area contributed by atoms with Crippen molar-refractivity contribution in [1.82, 2.24) is 9.55 Å². The molecule has 1 aliphatic carbocycles. The molecule has 0 unspecified atom stereocenters. The molecule has 36 heavy (non-hydrogen) atoms. The number of benzene rings is 1. The van der Waals surface area contributed by atoms with Crippen LogP contribution in [0.15, 0.2) is 47.4 Å². The van der Waals surface area contributed by atoms with Crippen molar-refractivity contribution in [3.63, 3.8) is 0 Å². The lowest BCUT2D eigenvalue weighted by Gasteiger charge is -2.25. The highest BCUT2D eigenvalue weighted by Gasteiger charge is 2.51. The van der Waals surface area contributed by atoms with Crippen LogP contribution in [0.3, 0.4) is 0 Å². The van der Waals surface area contributed by atoms with Crippen LogP contribution < -0.4 is 11.2 Å². The lowest BCUT2D eigenvalue weighted by atomic mass is 10.0. The van der Waals surface area contributed by atoms with Crippen LogP contribution >= 0.6 is 0 Å². The fourth-order valence-electron chi connectivity index (χ4n) is 4.61. The highest BCUT2D eigenvalue weighted by atomic mass is 16.7. The second-order valence-electron chi connectivity index (χ2n) is 8.63. The zero-order valence-electron chi connectivity index (χ0n) is 19.0. The van der Waals surface area contributed by atoms with Crippen LogP contribution in [0.1, 0.15) is 29.3 Å². The van der Waals surface area contributed by atoms with Gasteiger partial charge in [0, 0.05) is 18.3 Å². The van der Waals surface area contributed by atoms with Gasteiger partial charge in [-0.1, -0.05) is 18.2 Å². The normalized spacial score (nSPS) is 25.6. The quantitative estimate of drug-likeness (QED) is 0.328. The molecule has 2 aromatic rings. The Balaban J connectivity index is 1.33. The number of fused-ring (bicyclic) bond motifs is 2. The third-order valence-corrected chi connectivity index (χ3v) is 6.28. The number of anilines is 1. The van der Waals surface area contributed by atoms with Gasteiger partial charge in [0.05, 0.1) is 6.42 Å². The van der Waals surface area contributed by atoms with Crippen LogP contribution in [0.2, 0.25) is 0 Å². The van der Waals surface area contributed by atoms with Crippen molar-refractivity contribution >= 4 is 23.7 Å². The average Bonchev–Trinajstić information content (AvgIpc) is 3.45. The molecule has 3 heterocycles. The van der Waals surface area contributed by atoms with Gasteiger partial charge in [-0.05, 0) is 42.0 Å². The number of hydrogen-bond acceptors (Lipinski definition) is 11. The Morgan fingerprint density at radius 1 is 1.08 bits per heavy atom.